The molecule has 0 spiro atoms. The van der Waals surface area contributed by atoms with Crippen LogP contribution in [0.5, 0.6) is 0 Å². The third-order valence-electron chi connectivity index (χ3n) is 4.86. The summed E-state index contributed by atoms with van der Waals surface area (Å²) in [6.07, 6.45) is 3.82. The van der Waals surface area contributed by atoms with Crippen molar-refractivity contribution < 1.29 is 9.18 Å². The van der Waals surface area contributed by atoms with Crippen molar-refractivity contribution in [1.82, 2.24) is 5.32 Å². The second-order valence-corrected chi connectivity index (χ2v) is 7.68. The topological polar surface area (TPSA) is 29.1 Å². The molecule has 0 radical (unpaired) electrons. The Hall–Kier alpha value is -2.46. The molecule has 1 aliphatic rings. The van der Waals surface area contributed by atoms with Crippen LogP contribution in [0.4, 0.5) is 4.39 Å². The van der Waals surface area contributed by atoms with Crippen LogP contribution in [-0.2, 0) is 24.1 Å². The number of carbonyl (C=O) groups is 1. The molecule has 0 aliphatic heterocycles. The molecule has 0 saturated carbocycles. The number of hydrogen-bond acceptors (Lipinski definition) is 2. The zero-order chi connectivity index (χ0) is 17.9. The third-order valence-corrected chi connectivity index (χ3v) is 5.80. The van der Waals surface area contributed by atoms with Crippen molar-refractivity contribution in [3.63, 3.8) is 0 Å². The fourth-order valence-corrected chi connectivity index (χ4v) is 4.36. The molecule has 1 amide bonds. The average Bonchev–Trinajstić information content (AvgIpc) is 3.32. The smallest absolute Gasteiger partial charge is 0.225 e. The summed E-state index contributed by atoms with van der Waals surface area (Å²) in [4.78, 5) is 13.7. The van der Waals surface area contributed by atoms with E-state index in [2.05, 4.69) is 23.5 Å². The van der Waals surface area contributed by atoms with Gasteiger partial charge in [-0.3, -0.25) is 4.79 Å². The summed E-state index contributed by atoms with van der Waals surface area (Å²) >= 11 is 1.59. The first-order chi connectivity index (χ1) is 12.7. The number of fused-ring (bicyclic) bond motifs is 1. The fourth-order valence-electron chi connectivity index (χ4n) is 3.56. The van der Waals surface area contributed by atoms with E-state index in [9.17, 15) is 9.18 Å². The van der Waals surface area contributed by atoms with Crippen molar-refractivity contribution in [2.75, 3.05) is 0 Å². The van der Waals surface area contributed by atoms with Gasteiger partial charge >= 0.3 is 0 Å². The van der Waals surface area contributed by atoms with Crippen molar-refractivity contribution in [3.05, 3.63) is 92.9 Å². The average molecular weight is 365 g/mol. The number of rotatable bonds is 5. The largest absolute Gasteiger partial charge is 0.344 e. The summed E-state index contributed by atoms with van der Waals surface area (Å²) < 4.78 is 13.3. The van der Waals surface area contributed by atoms with E-state index in [1.165, 1.54) is 29.7 Å². The maximum absolute atomic E-state index is 13.3. The van der Waals surface area contributed by atoms with E-state index < -0.39 is 0 Å². The van der Waals surface area contributed by atoms with Crippen LogP contribution in [0.1, 0.15) is 39.6 Å². The van der Waals surface area contributed by atoms with Crippen molar-refractivity contribution >= 4 is 17.2 Å². The number of hydrogen-bond donors (Lipinski definition) is 1. The number of thiophene rings is 1. The Bertz CT molecular complexity index is 902. The lowest BCUT2D eigenvalue weighted by molar-refractivity contribution is -0.120. The van der Waals surface area contributed by atoms with Gasteiger partial charge in [0.15, 0.2) is 0 Å². The number of nitrogens with one attached hydrogen (secondary N) is 1. The fraction of sp³-hybridized carbons (Fsp3) is 0.227. The highest BCUT2D eigenvalue weighted by Gasteiger charge is 2.19. The van der Waals surface area contributed by atoms with Crippen LogP contribution in [0, 0.1) is 5.82 Å². The molecule has 4 heteroatoms. The van der Waals surface area contributed by atoms with E-state index in [1.807, 2.05) is 17.5 Å². The zero-order valence-corrected chi connectivity index (χ0v) is 15.2. The standard InChI is InChI=1S/C22H20FNOS/c23-19-10-8-17(9-11-19)22(20-5-2-12-26-20)24-21(25)14-15-6-7-16-3-1-4-18(16)13-15/h2,5-13,22H,1,3-4,14H2,(H,24,25)/t22-/m1/s1. The minimum absolute atomic E-state index is 0.0225. The molecule has 3 aromatic rings. The maximum Gasteiger partial charge on any atom is 0.225 e. The van der Waals surface area contributed by atoms with Crippen molar-refractivity contribution in [2.45, 2.75) is 31.7 Å². The highest BCUT2D eigenvalue weighted by Crippen LogP contribution is 2.27. The lowest BCUT2D eigenvalue weighted by Gasteiger charge is -2.18. The molecular formula is C22H20FNOS. The molecule has 2 aromatic carbocycles. The summed E-state index contributed by atoms with van der Waals surface area (Å²) in [7, 11) is 0. The zero-order valence-electron chi connectivity index (χ0n) is 14.4. The molecule has 1 heterocycles. The van der Waals surface area contributed by atoms with Crippen LogP contribution >= 0.6 is 11.3 Å². The minimum Gasteiger partial charge on any atom is -0.344 e. The number of aryl methyl sites for hydroxylation is 2. The van der Waals surface area contributed by atoms with Gasteiger partial charge in [0.05, 0.1) is 12.5 Å². The second-order valence-electron chi connectivity index (χ2n) is 6.70. The van der Waals surface area contributed by atoms with Crippen LogP contribution in [0.25, 0.3) is 0 Å². The lowest BCUT2D eigenvalue weighted by atomic mass is 10.0. The molecule has 1 N–H and O–H groups in total. The predicted octanol–water partition coefficient (Wildman–Crippen LogP) is 4.82. The molecule has 1 aliphatic carbocycles. The number of amides is 1. The summed E-state index contributed by atoms with van der Waals surface area (Å²) in [6.45, 7) is 0. The van der Waals surface area contributed by atoms with Crippen LogP contribution in [-0.4, -0.2) is 5.91 Å². The Balaban J connectivity index is 1.52. The number of halogens is 1. The molecule has 2 nitrogen and oxygen atoms in total. The Morgan fingerprint density at radius 3 is 2.65 bits per heavy atom. The molecule has 4 rings (SSSR count). The van der Waals surface area contributed by atoms with E-state index in [4.69, 9.17) is 0 Å². The monoisotopic (exact) mass is 365 g/mol. The van der Waals surface area contributed by atoms with Gasteiger partial charge in [-0.15, -0.1) is 11.3 Å². The Morgan fingerprint density at radius 1 is 1.08 bits per heavy atom. The highest BCUT2D eigenvalue weighted by atomic mass is 32.1. The summed E-state index contributed by atoms with van der Waals surface area (Å²) in [6, 6.07) is 16.4. The van der Waals surface area contributed by atoms with Gasteiger partial charge in [-0.1, -0.05) is 36.4 Å². The first-order valence-electron chi connectivity index (χ1n) is 8.88. The van der Waals surface area contributed by atoms with E-state index in [0.717, 1.165) is 28.8 Å². The number of carbonyl (C=O) groups excluding carboxylic acids is 1. The van der Waals surface area contributed by atoms with Gasteiger partial charge in [0.2, 0.25) is 5.91 Å². The summed E-state index contributed by atoms with van der Waals surface area (Å²) in [5.41, 5.74) is 4.73. The van der Waals surface area contributed by atoms with E-state index in [0.29, 0.717) is 6.42 Å². The summed E-state index contributed by atoms with van der Waals surface area (Å²) in [5, 5.41) is 5.11. The van der Waals surface area contributed by atoms with Gasteiger partial charge < -0.3 is 5.32 Å². The first-order valence-corrected chi connectivity index (χ1v) is 9.76. The molecule has 0 saturated heterocycles. The van der Waals surface area contributed by atoms with Crippen LogP contribution < -0.4 is 5.32 Å². The lowest BCUT2D eigenvalue weighted by Crippen LogP contribution is -2.30. The van der Waals surface area contributed by atoms with E-state index in [1.54, 1.807) is 23.5 Å². The van der Waals surface area contributed by atoms with Crippen molar-refractivity contribution in [1.29, 1.82) is 0 Å². The quantitative estimate of drug-likeness (QED) is 0.690. The van der Waals surface area contributed by atoms with Gasteiger partial charge in [0.25, 0.3) is 0 Å². The molecule has 1 aromatic heterocycles. The molecular weight excluding hydrogens is 345 g/mol. The molecule has 0 fully saturated rings. The van der Waals surface area contributed by atoms with Crippen molar-refractivity contribution in [3.8, 4) is 0 Å². The SMILES string of the molecule is O=C(Cc1ccc2c(c1)CCC2)N[C@H](c1ccc(F)cc1)c1cccs1. The van der Waals surface area contributed by atoms with Gasteiger partial charge in [-0.05, 0) is 65.1 Å². The van der Waals surface area contributed by atoms with Crippen LogP contribution in [0.2, 0.25) is 0 Å². The maximum atomic E-state index is 13.3. The molecule has 1 atom stereocenters. The third kappa shape index (κ3) is 3.70. The number of benzene rings is 2. The van der Waals surface area contributed by atoms with Crippen LogP contribution in [0.15, 0.2) is 60.0 Å². The predicted molar refractivity (Wildman–Crippen MR) is 103 cm³/mol. The molecule has 0 unspecified atom stereocenters. The van der Waals surface area contributed by atoms with Crippen LogP contribution in [0.3, 0.4) is 0 Å². The normalized spacial score (nSPS) is 14.0. The van der Waals surface area contributed by atoms with Gasteiger partial charge in [0.1, 0.15) is 5.82 Å². The molecule has 0 bridgehead atoms. The Morgan fingerprint density at radius 2 is 1.88 bits per heavy atom. The van der Waals surface area contributed by atoms with Gasteiger partial charge in [0, 0.05) is 4.88 Å². The summed E-state index contributed by atoms with van der Waals surface area (Å²) in [5.74, 6) is -0.297. The molecule has 26 heavy (non-hydrogen) atoms. The van der Waals surface area contributed by atoms with E-state index in [-0.39, 0.29) is 17.8 Å². The first kappa shape index (κ1) is 17.0. The van der Waals surface area contributed by atoms with Gasteiger partial charge in [-0.25, -0.2) is 4.39 Å². The highest BCUT2D eigenvalue weighted by molar-refractivity contribution is 7.10. The Labute approximate surface area is 156 Å². The van der Waals surface area contributed by atoms with Gasteiger partial charge in [-0.2, -0.15) is 0 Å². The van der Waals surface area contributed by atoms with Crippen molar-refractivity contribution in [2.24, 2.45) is 0 Å². The second kappa shape index (κ2) is 7.42. The van der Waals surface area contributed by atoms with E-state index >= 15 is 0 Å². The minimum atomic E-state index is -0.275. The Kier molecular flexibility index (Phi) is 4.85. The molecule has 132 valence electrons.